The van der Waals surface area contributed by atoms with Crippen LogP contribution >= 0.6 is 0 Å². The molecule has 214 valence electrons. The molecule has 1 aliphatic heterocycles. The van der Waals surface area contributed by atoms with E-state index in [4.69, 9.17) is 13.9 Å². The Kier molecular flexibility index (Phi) is 7.13. The lowest BCUT2D eigenvalue weighted by atomic mass is 9.86. The first-order chi connectivity index (χ1) is 20.3. The van der Waals surface area contributed by atoms with E-state index in [-0.39, 0.29) is 40.2 Å². The molecule has 0 spiro atoms. The number of aromatic amines is 1. The summed E-state index contributed by atoms with van der Waals surface area (Å²) in [5, 5.41) is 22.5. The summed E-state index contributed by atoms with van der Waals surface area (Å²) in [4.78, 5) is 45.0. The minimum atomic E-state index is -1.03. The van der Waals surface area contributed by atoms with Crippen LogP contribution in [-0.4, -0.2) is 59.4 Å². The molecule has 5 aromatic rings. The van der Waals surface area contributed by atoms with Crippen molar-refractivity contribution in [1.29, 1.82) is 0 Å². The zero-order chi connectivity index (χ0) is 29.4. The van der Waals surface area contributed by atoms with Gasteiger partial charge in [-0.15, -0.1) is 0 Å². The molecule has 1 amide bonds. The Morgan fingerprint density at radius 1 is 1.00 bits per heavy atom. The summed E-state index contributed by atoms with van der Waals surface area (Å²) in [5.41, 5.74) is 0.238. The maximum atomic E-state index is 13.6. The predicted octanol–water partition coefficient (Wildman–Crippen LogP) is 4.10. The number of amides is 1. The summed E-state index contributed by atoms with van der Waals surface area (Å²) < 4.78 is 16.9. The van der Waals surface area contributed by atoms with Gasteiger partial charge in [0.15, 0.2) is 5.43 Å². The highest BCUT2D eigenvalue weighted by molar-refractivity contribution is 5.91. The number of phenols is 2. The van der Waals surface area contributed by atoms with Gasteiger partial charge in [-0.1, -0.05) is 30.3 Å². The molecule has 6 rings (SSSR count). The zero-order valence-electron chi connectivity index (χ0n) is 22.8. The molecular weight excluding hydrogens is 540 g/mol. The molecule has 1 aliphatic rings. The predicted molar refractivity (Wildman–Crippen MR) is 156 cm³/mol. The number of H-pyrrole nitrogens is 1. The molecule has 2 aromatic heterocycles. The molecule has 10 heteroatoms. The summed E-state index contributed by atoms with van der Waals surface area (Å²) in [7, 11) is 1.52. The van der Waals surface area contributed by atoms with Gasteiger partial charge in [-0.3, -0.25) is 14.4 Å². The Bertz CT molecular complexity index is 1920. The molecule has 0 unspecified atom stereocenters. The standard InChI is InChI=1S/C32H28N2O8/c1-40-20-8-7-19-13-22(32(39)33-23(19)14-20)21(15-28(38)34-9-11-41-12-10-34)29-24(35)16-25(36)30-26(37)17-27(42-31(29)30)18-5-3-2-4-6-18/h2-8,13-14,16-17,21,35-36H,9-12,15H2,1H3,(H,33,39)/t21-/m1/s1. The maximum absolute atomic E-state index is 13.6. The van der Waals surface area contributed by atoms with Crippen molar-refractivity contribution in [3.05, 3.63) is 98.4 Å². The van der Waals surface area contributed by atoms with Crippen LogP contribution in [0.2, 0.25) is 0 Å². The van der Waals surface area contributed by atoms with E-state index in [1.807, 2.05) is 6.07 Å². The highest BCUT2D eigenvalue weighted by atomic mass is 16.5. The maximum Gasteiger partial charge on any atom is 0.252 e. The van der Waals surface area contributed by atoms with Crippen molar-refractivity contribution in [2.24, 2.45) is 0 Å². The second kappa shape index (κ2) is 11.1. The first kappa shape index (κ1) is 27.1. The van der Waals surface area contributed by atoms with Crippen molar-refractivity contribution in [3.63, 3.8) is 0 Å². The number of rotatable bonds is 6. The monoisotopic (exact) mass is 568 g/mol. The largest absolute Gasteiger partial charge is 0.507 e. The molecule has 0 saturated carbocycles. The number of hydrogen-bond acceptors (Lipinski definition) is 8. The van der Waals surface area contributed by atoms with Gasteiger partial charge in [-0.05, 0) is 23.6 Å². The van der Waals surface area contributed by atoms with Crippen LogP contribution in [0.3, 0.4) is 0 Å². The number of nitrogens with one attached hydrogen (secondary N) is 1. The van der Waals surface area contributed by atoms with Gasteiger partial charge in [-0.25, -0.2) is 0 Å². The van der Waals surface area contributed by atoms with Crippen LogP contribution in [0.15, 0.2) is 80.7 Å². The van der Waals surface area contributed by atoms with Gasteiger partial charge >= 0.3 is 0 Å². The lowest BCUT2D eigenvalue weighted by molar-refractivity contribution is -0.135. The number of hydrogen-bond donors (Lipinski definition) is 3. The van der Waals surface area contributed by atoms with Crippen LogP contribution in [0.1, 0.15) is 23.5 Å². The Labute approximate surface area is 239 Å². The smallest absolute Gasteiger partial charge is 0.252 e. The lowest BCUT2D eigenvalue weighted by Crippen LogP contribution is -2.41. The Hall–Kier alpha value is -5.09. The van der Waals surface area contributed by atoms with Crippen molar-refractivity contribution in [1.82, 2.24) is 9.88 Å². The first-order valence-electron chi connectivity index (χ1n) is 13.5. The van der Waals surface area contributed by atoms with Gasteiger partial charge in [0.05, 0.1) is 25.8 Å². The molecule has 0 radical (unpaired) electrons. The van der Waals surface area contributed by atoms with Crippen molar-refractivity contribution >= 4 is 27.8 Å². The number of aromatic hydroxyl groups is 2. The molecule has 0 bridgehead atoms. The number of fused-ring (bicyclic) bond motifs is 2. The van der Waals surface area contributed by atoms with Gasteiger partial charge in [0.1, 0.15) is 34.0 Å². The summed E-state index contributed by atoms with van der Waals surface area (Å²) in [6.45, 7) is 1.54. The van der Waals surface area contributed by atoms with Crippen molar-refractivity contribution in [2.45, 2.75) is 12.3 Å². The molecule has 0 aliphatic carbocycles. The van der Waals surface area contributed by atoms with E-state index in [9.17, 15) is 24.6 Å². The molecular formula is C32H28N2O8. The van der Waals surface area contributed by atoms with Crippen LogP contribution in [0.5, 0.6) is 17.2 Å². The molecule has 3 heterocycles. The number of carbonyl (C=O) groups is 1. The van der Waals surface area contributed by atoms with Crippen molar-refractivity contribution in [3.8, 4) is 28.6 Å². The van der Waals surface area contributed by atoms with Crippen LogP contribution in [0.4, 0.5) is 0 Å². The number of aromatic nitrogens is 1. The fraction of sp³-hybridized carbons (Fsp3) is 0.219. The Balaban J connectivity index is 1.60. The minimum absolute atomic E-state index is 0.0534. The number of pyridine rings is 1. The van der Waals surface area contributed by atoms with E-state index in [0.717, 1.165) is 6.07 Å². The number of phenolic OH excluding ortho intramolecular Hbond substituents is 2. The van der Waals surface area contributed by atoms with Crippen molar-refractivity contribution < 1.29 is 28.9 Å². The third-order valence-electron chi connectivity index (χ3n) is 7.60. The highest BCUT2D eigenvalue weighted by Gasteiger charge is 2.31. The number of morpholine rings is 1. The molecule has 42 heavy (non-hydrogen) atoms. The Morgan fingerprint density at radius 2 is 1.76 bits per heavy atom. The van der Waals surface area contributed by atoms with Crippen LogP contribution in [-0.2, 0) is 9.53 Å². The molecule has 1 atom stereocenters. The quantitative estimate of drug-likeness (QED) is 0.278. The third kappa shape index (κ3) is 4.97. The number of carbonyl (C=O) groups excluding carboxylic acids is 1. The normalized spacial score (nSPS) is 14.3. The van der Waals surface area contributed by atoms with E-state index in [2.05, 4.69) is 4.98 Å². The number of methoxy groups -OCH3 is 1. The van der Waals surface area contributed by atoms with Crippen LogP contribution < -0.4 is 15.7 Å². The SMILES string of the molecule is COc1ccc2cc([C@@H](CC(=O)N3CCOCC3)c3c(O)cc(O)c4c(=O)cc(-c5ccccc5)oc34)c(=O)[nH]c2c1. The first-order valence-corrected chi connectivity index (χ1v) is 13.5. The highest BCUT2D eigenvalue weighted by Crippen LogP contribution is 2.42. The van der Waals surface area contributed by atoms with Gasteiger partial charge in [0, 0.05) is 60.3 Å². The molecule has 1 fully saturated rings. The topological polar surface area (TPSA) is 142 Å². The van der Waals surface area contributed by atoms with Gasteiger partial charge in [-0.2, -0.15) is 0 Å². The average molecular weight is 569 g/mol. The number of benzene rings is 3. The van der Waals surface area contributed by atoms with Crippen LogP contribution in [0.25, 0.3) is 33.2 Å². The van der Waals surface area contributed by atoms with Gasteiger partial charge < -0.3 is 34.0 Å². The van der Waals surface area contributed by atoms with E-state index in [0.29, 0.717) is 48.5 Å². The molecule has 10 nitrogen and oxygen atoms in total. The van der Waals surface area contributed by atoms with Crippen molar-refractivity contribution in [2.75, 3.05) is 33.4 Å². The van der Waals surface area contributed by atoms with Gasteiger partial charge in [0.25, 0.3) is 5.56 Å². The van der Waals surface area contributed by atoms with E-state index >= 15 is 0 Å². The third-order valence-corrected chi connectivity index (χ3v) is 7.60. The summed E-state index contributed by atoms with van der Waals surface area (Å²) in [5.74, 6) is -1.42. The average Bonchev–Trinajstić information content (AvgIpc) is 3.00. The second-order valence-corrected chi connectivity index (χ2v) is 10.1. The molecule has 3 N–H and O–H groups in total. The van der Waals surface area contributed by atoms with Gasteiger partial charge in [0.2, 0.25) is 5.91 Å². The van der Waals surface area contributed by atoms with E-state index in [1.54, 1.807) is 53.4 Å². The fourth-order valence-corrected chi connectivity index (χ4v) is 5.47. The molecule has 3 aromatic carbocycles. The number of nitrogens with zero attached hydrogens (tertiary/aromatic N) is 1. The van der Waals surface area contributed by atoms with E-state index < -0.39 is 28.4 Å². The second-order valence-electron chi connectivity index (χ2n) is 10.1. The zero-order valence-corrected chi connectivity index (χ0v) is 22.8. The van der Waals surface area contributed by atoms with E-state index in [1.165, 1.54) is 13.2 Å². The summed E-state index contributed by atoms with van der Waals surface area (Å²) in [6.07, 6.45) is -0.211. The number of ether oxygens (including phenoxy) is 2. The Morgan fingerprint density at radius 3 is 2.50 bits per heavy atom. The lowest BCUT2D eigenvalue weighted by Gasteiger charge is -2.29. The summed E-state index contributed by atoms with van der Waals surface area (Å²) >= 11 is 0. The fourth-order valence-electron chi connectivity index (χ4n) is 5.47. The van der Waals surface area contributed by atoms with Crippen LogP contribution in [0, 0.1) is 0 Å². The molecule has 1 saturated heterocycles. The minimum Gasteiger partial charge on any atom is -0.507 e. The summed E-state index contributed by atoms with van der Waals surface area (Å²) in [6, 6.07) is 18.1.